The lowest BCUT2D eigenvalue weighted by Gasteiger charge is -2.15. The number of halogens is 1. The number of rotatable bonds is 12. The van der Waals surface area contributed by atoms with E-state index < -0.39 is 11.2 Å². The van der Waals surface area contributed by atoms with E-state index >= 15 is 0 Å². The van der Waals surface area contributed by atoms with E-state index in [0.717, 1.165) is 21.8 Å². The number of para-hydroxylation sites is 1. The summed E-state index contributed by atoms with van der Waals surface area (Å²) < 4.78 is 5.25. The van der Waals surface area contributed by atoms with Gasteiger partial charge in [-0.1, -0.05) is 54.9 Å². The number of anilines is 3. The molecule has 0 fully saturated rings. The Balaban J connectivity index is 1.47. The second-order valence-corrected chi connectivity index (χ2v) is 12.4. The number of thiophene rings is 1. The topological polar surface area (TPSA) is 114 Å². The lowest BCUT2D eigenvalue weighted by atomic mass is 10.1. The van der Waals surface area contributed by atoms with Crippen LogP contribution in [-0.2, 0) is 20.7 Å². The molecule has 44 heavy (non-hydrogen) atoms. The van der Waals surface area contributed by atoms with Crippen molar-refractivity contribution in [1.82, 2.24) is 0 Å². The van der Waals surface area contributed by atoms with Gasteiger partial charge >= 0.3 is 5.97 Å². The summed E-state index contributed by atoms with van der Waals surface area (Å²) in [7, 11) is 0. The lowest BCUT2D eigenvalue weighted by Crippen LogP contribution is -2.25. The predicted molar refractivity (Wildman–Crippen MR) is 178 cm³/mol. The van der Waals surface area contributed by atoms with Crippen LogP contribution in [0, 0.1) is 6.92 Å². The highest BCUT2D eigenvalue weighted by molar-refractivity contribution is 8.00. The number of esters is 1. The molecular weight excluding hydrogens is 618 g/mol. The van der Waals surface area contributed by atoms with E-state index in [0.29, 0.717) is 33.3 Å². The van der Waals surface area contributed by atoms with Crippen LogP contribution in [0.3, 0.4) is 0 Å². The molecule has 8 nitrogen and oxygen atoms in total. The molecule has 3 amide bonds. The van der Waals surface area contributed by atoms with Crippen LogP contribution in [0.5, 0.6) is 0 Å². The van der Waals surface area contributed by atoms with Crippen LogP contribution in [0.2, 0.25) is 5.02 Å². The van der Waals surface area contributed by atoms with Gasteiger partial charge < -0.3 is 20.7 Å². The van der Waals surface area contributed by atoms with Crippen LogP contribution in [0.1, 0.15) is 51.4 Å². The van der Waals surface area contributed by atoms with Crippen molar-refractivity contribution < 1.29 is 23.9 Å². The summed E-state index contributed by atoms with van der Waals surface area (Å²) in [6, 6.07) is 23.3. The molecular formula is C33H32ClN3O5S2. The average Bonchev–Trinajstić information content (AvgIpc) is 3.33. The maximum Gasteiger partial charge on any atom is 0.341 e. The van der Waals surface area contributed by atoms with Crippen molar-refractivity contribution in [2.75, 3.05) is 22.6 Å². The normalized spacial score (nSPS) is 11.4. The maximum atomic E-state index is 13.5. The van der Waals surface area contributed by atoms with E-state index in [1.807, 2.05) is 31.2 Å². The molecule has 0 bridgehead atoms. The zero-order chi connectivity index (χ0) is 31.6. The van der Waals surface area contributed by atoms with Crippen LogP contribution in [-0.4, -0.2) is 35.5 Å². The number of carbonyl (C=O) groups excluding carboxylic acids is 4. The number of amides is 3. The van der Waals surface area contributed by atoms with Gasteiger partial charge in [-0.15, -0.1) is 23.1 Å². The molecule has 0 saturated heterocycles. The third-order valence-corrected chi connectivity index (χ3v) is 9.25. The summed E-state index contributed by atoms with van der Waals surface area (Å²) in [6.07, 6.45) is 0.688. The number of hydrogen-bond donors (Lipinski definition) is 3. The first-order valence-corrected chi connectivity index (χ1v) is 16.0. The molecule has 1 aromatic heterocycles. The number of hydrogen-bond acceptors (Lipinski definition) is 7. The molecule has 0 radical (unpaired) electrons. The highest BCUT2D eigenvalue weighted by Crippen LogP contribution is 2.36. The van der Waals surface area contributed by atoms with Gasteiger partial charge in [0.05, 0.1) is 28.7 Å². The lowest BCUT2D eigenvalue weighted by molar-refractivity contribution is -0.116. The van der Waals surface area contributed by atoms with E-state index in [-0.39, 0.29) is 41.3 Å². The maximum absolute atomic E-state index is 13.5. The van der Waals surface area contributed by atoms with Crippen LogP contribution in [0.25, 0.3) is 0 Å². The Morgan fingerprint density at radius 1 is 0.886 bits per heavy atom. The number of thioether (sulfide) groups is 1. The molecule has 1 heterocycles. The summed E-state index contributed by atoms with van der Waals surface area (Å²) in [5.74, 6) is -1.50. The van der Waals surface area contributed by atoms with Gasteiger partial charge in [0.1, 0.15) is 5.00 Å². The minimum atomic E-state index is -0.613. The van der Waals surface area contributed by atoms with Crippen molar-refractivity contribution in [3.05, 3.63) is 105 Å². The molecule has 0 aliphatic heterocycles. The van der Waals surface area contributed by atoms with E-state index in [2.05, 4.69) is 16.0 Å². The Labute approximate surface area is 269 Å². The molecule has 1 unspecified atom stereocenters. The fourth-order valence-electron chi connectivity index (χ4n) is 4.30. The first kappa shape index (κ1) is 32.8. The van der Waals surface area contributed by atoms with Crippen LogP contribution in [0.15, 0.2) is 83.8 Å². The molecule has 4 rings (SSSR count). The first-order valence-electron chi connectivity index (χ1n) is 14.0. The van der Waals surface area contributed by atoms with Crippen LogP contribution < -0.4 is 16.0 Å². The van der Waals surface area contributed by atoms with Crippen LogP contribution >= 0.6 is 34.7 Å². The molecule has 11 heteroatoms. The second kappa shape index (κ2) is 15.6. The predicted octanol–water partition coefficient (Wildman–Crippen LogP) is 7.83. The molecule has 3 N–H and O–H groups in total. The van der Waals surface area contributed by atoms with E-state index in [1.54, 1.807) is 68.4 Å². The Bertz CT molecular complexity index is 1640. The molecule has 0 aliphatic carbocycles. The minimum Gasteiger partial charge on any atom is -0.462 e. The number of nitrogens with one attached hydrogen (secondary N) is 3. The summed E-state index contributed by atoms with van der Waals surface area (Å²) in [4.78, 5) is 53.2. The van der Waals surface area contributed by atoms with Gasteiger partial charge in [0.15, 0.2) is 0 Å². The molecule has 0 saturated carbocycles. The second-order valence-electron chi connectivity index (χ2n) is 9.68. The Morgan fingerprint density at radius 2 is 1.59 bits per heavy atom. The highest BCUT2D eigenvalue weighted by atomic mass is 35.5. The summed E-state index contributed by atoms with van der Waals surface area (Å²) in [5, 5.41) is 8.95. The van der Waals surface area contributed by atoms with Crippen LogP contribution in [0.4, 0.5) is 16.4 Å². The Hall–Kier alpha value is -4.12. The molecule has 0 aliphatic rings. The summed E-state index contributed by atoms with van der Waals surface area (Å²) >= 11 is 8.30. The van der Waals surface area contributed by atoms with Gasteiger partial charge in [-0.3, -0.25) is 14.4 Å². The molecule has 1 atom stereocenters. The number of ether oxygens (including phenoxy) is 1. The fraction of sp³-hybridized carbons (Fsp3) is 0.212. The zero-order valence-corrected chi connectivity index (χ0v) is 26.8. The minimum absolute atomic E-state index is 0.146. The Morgan fingerprint density at radius 3 is 2.27 bits per heavy atom. The fourth-order valence-corrected chi connectivity index (χ4v) is 6.53. The molecule has 3 aromatic carbocycles. The van der Waals surface area contributed by atoms with Gasteiger partial charge in [0, 0.05) is 21.3 Å². The average molecular weight is 650 g/mol. The van der Waals surface area contributed by atoms with Crippen molar-refractivity contribution in [1.29, 1.82) is 0 Å². The SMILES string of the molecule is CCOC(=O)c1c(NC(=O)C(CC)Sc2cccc(NC(=O)Cc3ccc(Cl)cc3)c2)sc(C(=O)Nc2ccccc2)c1C. The zero-order valence-electron chi connectivity index (χ0n) is 24.4. The largest absolute Gasteiger partial charge is 0.462 e. The molecule has 0 spiro atoms. The summed E-state index contributed by atoms with van der Waals surface area (Å²) in [6.45, 7) is 5.39. The van der Waals surface area contributed by atoms with Gasteiger partial charge in [-0.05, 0) is 73.9 Å². The van der Waals surface area contributed by atoms with Crippen molar-refractivity contribution in [3.8, 4) is 0 Å². The van der Waals surface area contributed by atoms with Crippen molar-refractivity contribution in [2.24, 2.45) is 0 Å². The van der Waals surface area contributed by atoms with Gasteiger partial charge in [0.25, 0.3) is 5.91 Å². The number of carbonyl (C=O) groups is 4. The Kier molecular flexibility index (Phi) is 11.6. The third kappa shape index (κ3) is 8.72. The smallest absolute Gasteiger partial charge is 0.341 e. The summed E-state index contributed by atoms with van der Waals surface area (Å²) in [5.41, 5.74) is 2.65. The van der Waals surface area contributed by atoms with Crippen molar-refractivity contribution in [3.63, 3.8) is 0 Å². The van der Waals surface area contributed by atoms with Crippen molar-refractivity contribution in [2.45, 2.75) is 43.8 Å². The quantitative estimate of drug-likeness (QED) is 0.106. The molecule has 4 aromatic rings. The highest BCUT2D eigenvalue weighted by Gasteiger charge is 2.28. The third-order valence-electron chi connectivity index (χ3n) is 6.44. The molecule has 228 valence electrons. The van der Waals surface area contributed by atoms with Gasteiger partial charge in [-0.2, -0.15) is 0 Å². The first-order chi connectivity index (χ1) is 21.2. The number of benzene rings is 3. The van der Waals surface area contributed by atoms with E-state index in [1.165, 1.54) is 11.8 Å². The van der Waals surface area contributed by atoms with E-state index in [4.69, 9.17) is 16.3 Å². The van der Waals surface area contributed by atoms with Gasteiger partial charge in [0.2, 0.25) is 11.8 Å². The standard InChI is InChI=1S/C33H32ClN3O5S2/c1-4-26(43-25-13-9-12-24(19-25)35-27(38)18-21-14-16-22(34)17-15-21)30(39)37-32-28(33(41)42-5-2)20(3)29(44-32)31(40)36-23-10-7-6-8-11-23/h6-17,19,26H,4-5,18H2,1-3H3,(H,35,38)(H,36,40)(H,37,39). The van der Waals surface area contributed by atoms with E-state index in [9.17, 15) is 19.2 Å². The monoisotopic (exact) mass is 649 g/mol. The van der Waals surface area contributed by atoms with Crippen molar-refractivity contribution >= 4 is 74.8 Å². The van der Waals surface area contributed by atoms with Gasteiger partial charge in [-0.25, -0.2) is 4.79 Å².